The van der Waals surface area contributed by atoms with Crippen LogP contribution in [0.1, 0.15) is 110 Å². The smallest absolute Gasteiger partial charge is 0.100 e. The maximum absolute atomic E-state index is 6.21. The summed E-state index contributed by atoms with van der Waals surface area (Å²) in [6, 6.07) is 0. The van der Waals surface area contributed by atoms with Crippen molar-refractivity contribution in [3.8, 4) is 0 Å². The molecule has 0 radical (unpaired) electrons. The normalized spacial score (nSPS) is 12.5. The minimum Gasteiger partial charge on any atom is -0.107 e. The van der Waals surface area contributed by atoms with E-state index in [1.807, 2.05) is 0 Å². The van der Waals surface area contributed by atoms with Crippen LogP contribution in [0, 0.1) is 0 Å². The third-order valence-electron chi connectivity index (χ3n) is 4.66. The predicted molar refractivity (Wildman–Crippen MR) is 108 cm³/mol. The molecule has 0 saturated carbocycles. The standard InChI is InChI=1S/C19H40Cl2Si/c1-3-4-5-6-7-8-9-10-11-12-13-14-15-16-17-18-19(20,21)22-2/h3-18,22H2,1-2H3. The lowest BCUT2D eigenvalue weighted by Crippen LogP contribution is -2.19. The Hall–Kier alpha value is 0.797. The fourth-order valence-corrected chi connectivity index (χ4v) is 3.80. The van der Waals surface area contributed by atoms with Gasteiger partial charge < -0.3 is 0 Å². The third-order valence-corrected chi connectivity index (χ3v) is 8.03. The van der Waals surface area contributed by atoms with Crippen LogP contribution in [0.4, 0.5) is 0 Å². The maximum Gasteiger partial charge on any atom is 0.100 e. The van der Waals surface area contributed by atoms with Crippen LogP contribution in [-0.2, 0) is 0 Å². The van der Waals surface area contributed by atoms with Gasteiger partial charge in [0.15, 0.2) is 0 Å². The molecule has 0 saturated heterocycles. The fourth-order valence-electron chi connectivity index (χ4n) is 2.93. The fraction of sp³-hybridized carbons (Fsp3) is 1.00. The van der Waals surface area contributed by atoms with Gasteiger partial charge >= 0.3 is 0 Å². The van der Waals surface area contributed by atoms with E-state index in [2.05, 4.69) is 13.5 Å². The molecule has 0 fully saturated rings. The first-order chi connectivity index (χ1) is 10.6. The van der Waals surface area contributed by atoms with Gasteiger partial charge in [-0.25, -0.2) is 0 Å². The molecule has 0 bridgehead atoms. The second-order valence-electron chi connectivity index (χ2n) is 6.91. The first kappa shape index (κ1) is 22.8. The van der Waals surface area contributed by atoms with E-state index >= 15 is 0 Å². The zero-order chi connectivity index (χ0) is 16.5. The van der Waals surface area contributed by atoms with Gasteiger partial charge in [0.1, 0.15) is 3.96 Å². The molecule has 0 aliphatic carbocycles. The largest absolute Gasteiger partial charge is 0.107 e. The Kier molecular flexibility index (Phi) is 17.3. The summed E-state index contributed by atoms with van der Waals surface area (Å²) in [5.74, 6) is 0. The van der Waals surface area contributed by atoms with Crippen LogP contribution in [0.15, 0.2) is 0 Å². The zero-order valence-electron chi connectivity index (χ0n) is 15.3. The second-order valence-corrected chi connectivity index (χ2v) is 11.4. The summed E-state index contributed by atoms with van der Waals surface area (Å²) >= 11 is 12.4. The van der Waals surface area contributed by atoms with Gasteiger partial charge in [-0.3, -0.25) is 0 Å². The van der Waals surface area contributed by atoms with E-state index in [0.29, 0.717) is 0 Å². The summed E-state index contributed by atoms with van der Waals surface area (Å²) in [5.41, 5.74) is 0. The number of unbranched alkanes of at least 4 members (excludes halogenated alkanes) is 14. The van der Waals surface area contributed by atoms with Crippen LogP contribution in [-0.4, -0.2) is 13.5 Å². The van der Waals surface area contributed by atoms with E-state index in [4.69, 9.17) is 23.2 Å². The lowest BCUT2D eigenvalue weighted by atomic mass is 10.0. The highest BCUT2D eigenvalue weighted by Gasteiger charge is 2.19. The van der Waals surface area contributed by atoms with Crippen molar-refractivity contribution in [1.29, 1.82) is 0 Å². The molecule has 22 heavy (non-hydrogen) atoms. The SMILES string of the molecule is CCCCCCCCCCCCCCCCCC(Cl)(Cl)[SiH2]C. The van der Waals surface area contributed by atoms with Gasteiger partial charge in [0.25, 0.3) is 0 Å². The zero-order valence-corrected chi connectivity index (χ0v) is 18.2. The third kappa shape index (κ3) is 17.2. The number of hydrogen-bond acceptors (Lipinski definition) is 0. The van der Waals surface area contributed by atoms with Gasteiger partial charge in [-0.15, -0.1) is 23.2 Å². The van der Waals surface area contributed by atoms with Crippen LogP contribution in [0.2, 0.25) is 6.55 Å². The van der Waals surface area contributed by atoms with E-state index in [9.17, 15) is 0 Å². The lowest BCUT2D eigenvalue weighted by molar-refractivity contribution is 0.530. The van der Waals surface area contributed by atoms with Crippen LogP contribution in [0.25, 0.3) is 0 Å². The van der Waals surface area contributed by atoms with Gasteiger partial charge in [0.2, 0.25) is 0 Å². The molecule has 0 spiro atoms. The van der Waals surface area contributed by atoms with Crippen molar-refractivity contribution >= 4 is 32.7 Å². The van der Waals surface area contributed by atoms with Gasteiger partial charge in [-0.05, 0) is 6.42 Å². The van der Waals surface area contributed by atoms with Crippen molar-refractivity contribution in [3.63, 3.8) is 0 Å². The average molecular weight is 368 g/mol. The van der Waals surface area contributed by atoms with Crippen LogP contribution < -0.4 is 0 Å². The minimum atomic E-state index is -0.337. The summed E-state index contributed by atoms with van der Waals surface area (Å²) < 4.78 is -0.337. The molecule has 0 aliphatic rings. The molecule has 0 aromatic carbocycles. The van der Waals surface area contributed by atoms with Crippen molar-refractivity contribution in [2.45, 2.75) is 120 Å². The van der Waals surface area contributed by atoms with E-state index in [1.54, 1.807) is 0 Å². The Bertz CT molecular complexity index is 219. The van der Waals surface area contributed by atoms with Gasteiger partial charge in [0.05, 0.1) is 9.52 Å². The number of halogens is 2. The van der Waals surface area contributed by atoms with Gasteiger partial charge in [0, 0.05) is 0 Å². The topological polar surface area (TPSA) is 0 Å². The Morgan fingerprint density at radius 3 is 1.23 bits per heavy atom. The van der Waals surface area contributed by atoms with Crippen molar-refractivity contribution in [1.82, 2.24) is 0 Å². The quantitative estimate of drug-likeness (QED) is 0.141. The molecule has 0 heterocycles. The molecule has 0 N–H and O–H groups in total. The molecule has 0 atom stereocenters. The van der Waals surface area contributed by atoms with Gasteiger partial charge in [-0.2, -0.15) is 0 Å². The lowest BCUT2D eigenvalue weighted by Gasteiger charge is -2.16. The van der Waals surface area contributed by atoms with Crippen molar-refractivity contribution < 1.29 is 0 Å². The van der Waals surface area contributed by atoms with E-state index in [-0.39, 0.29) is 13.5 Å². The molecule has 134 valence electrons. The Morgan fingerprint density at radius 1 is 0.591 bits per heavy atom. The molecule has 0 rings (SSSR count). The molecular weight excluding hydrogens is 327 g/mol. The van der Waals surface area contributed by atoms with Crippen LogP contribution in [0.3, 0.4) is 0 Å². The number of alkyl halides is 2. The molecule has 0 nitrogen and oxygen atoms in total. The monoisotopic (exact) mass is 366 g/mol. The number of rotatable bonds is 17. The van der Waals surface area contributed by atoms with Crippen molar-refractivity contribution in [3.05, 3.63) is 0 Å². The minimum absolute atomic E-state index is 0.292. The highest BCUT2D eigenvalue weighted by Crippen LogP contribution is 2.26. The maximum atomic E-state index is 6.21. The average Bonchev–Trinajstić information content (AvgIpc) is 2.51. The molecule has 0 amide bonds. The Labute approximate surface area is 152 Å². The van der Waals surface area contributed by atoms with Crippen LogP contribution in [0.5, 0.6) is 0 Å². The summed E-state index contributed by atoms with van der Waals surface area (Å²) in [6.07, 6.45) is 22.1. The summed E-state index contributed by atoms with van der Waals surface area (Å²) in [7, 11) is -0.292. The van der Waals surface area contributed by atoms with Crippen molar-refractivity contribution in [2.24, 2.45) is 0 Å². The molecule has 0 unspecified atom stereocenters. The van der Waals surface area contributed by atoms with Crippen molar-refractivity contribution in [2.75, 3.05) is 0 Å². The van der Waals surface area contributed by atoms with E-state index < -0.39 is 0 Å². The summed E-state index contributed by atoms with van der Waals surface area (Å²) in [4.78, 5) is 0. The second kappa shape index (κ2) is 16.6. The highest BCUT2D eigenvalue weighted by molar-refractivity contribution is 6.72. The van der Waals surface area contributed by atoms with E-state index in [1.165, 1.54) is 96.3 Å². The predicted octanol–water partition coefficient (Wildman–Crippen LogP) is 7.60. The molecule has 3 heteroatoms. The summed E-state index contributed by atoms with van der Waals surface area (Å²) in [5, 5.41) is 0. The molecule has 0 aliphatic heterocycles. The number of hydrogen-bond donors (Lipinski definition) is 0. The summed E-state index contributed by atoms with van der Waals surface area (Å²) in [6.45, 7) is 4.49. The Morgan fingerprint density at radius 2 is 0.909 bits per heavy atom. The van der Waals surface area contributed by atoms with Crippen LogP contribution >= 0.6 is 23.2 Å². The highest BCUT2D eigenvalue weighted by atomic mass is 35.5. The Balaban J connectivity index is 3.06. The first-order valence-electron chi connectivity index (χ1n) is 10.00. The van der Waals surface area contributed by atoms with E-state index in [0.717, 1.165) is 6.42 Å². The molecule has 0 aromatic heterocycles. The molecular formula is C19H40Cl2Si. The first-order valence-corrected chi connectivity index (χ1v) is 12.9. The van der Waals surface area contributed by atoms with Gasteiger partial charge in [-0.1, -0.05) is 110 Å². The molecule has 0 aromatic rings.